The average Bonchev–Trinajstić information content (AvgIpc) is 3.35. The molecule has 3 aromatic rings. The molecule has 29 heavy (non-hydrogen) atoms. The van der Waals surface area contributed by atoms with Gasteiger partial charge in [-0.25, -0.2) is 4.79 Å². The first kappa shape index (κ1) is 18.1. The minimum Gasteiger partial charge on any atom is -0.454 e. The van der Waals surface area contributed by atoms with Gasteiger partial charge in [-0.3, -0.25) is 4.57 Å². The summed E-state index contributed by atoms with van der Waals surface area (Å²) < 4.78 is 12.7. The minimum atomic E-state index is -0.0341. The number of benzene rings is 2. The number of nitrogens with one attached hydrogen (secondary N) is 2. The molecule has 2 aliphatic rings. The number of hydrogen-bond acceptors (Lipinski definition) is 4. The van der Waals surface area contributed by atoms with Gasteiger partial charge in [0.1, 0.15) is 0 Å². The van der Waals surface area contributed by atoms with Crippen molar-refractivity contribution in [3.05, 3.63) is 58.5 Å². The lowest BCUT2D eigenvalue weighted by Crippen LogP contribution is -2.45. The maximum Gasteiger partial charge on any atom is 0.326 e. The highest BCUT2D eigenvalue weighted by atomic mass is 32.1. The fraction of sp³-hybridized carbons (Fsp3) is 0.333. The normalized spacial score (nSPS) is 16.3. The molecule has 1 saturated heterocycles. The molecule has 0 unspecified atom stereocenters. The van der Waals surface area contributed by atoms with Gasteiger partial charge in [-0.1, -0.05) is 18.2 Å². The fourth-order valence-corrected chi connectivity index (χ4v) is 4.36. The Hall–Kier alpha value is -3.00. The first-order valence-corrected chi connectivity index (χ1v) is 10.2. The Morgan fingerprint density at radius 1 is 1.14 bits per heavy atom. The van der Waals surface area contributed by atoms with Crippen LogP contribution in [0.1, 0.15) is 24.4 Å². The molecule has 2 aromatic carbocycles. The molecule has 5 rings (SSSR count). The Balaban J connectivity index is 1.20. The number of piperidine rings is 1. The number of imidazole rings is 1. The van der Waals surface area contributed by atoms with Crippen molar-refractivity contribution in [2.24, 2.45) is 0 Å². The summed E-state index contributed by atoms with van der Waals surface area (Å²) in [7, 11) is 0. The third-order valence-corrected chi connectivity index (χ3v) is 6.02. The zero-order valence-electron chi connectivity index (χ0n) is 15.9. The molecule has 7 nitrogen and oxygen atoms in total. The third kappa shape index (κ3) is 3.44. The molecule has 0 saturated carbocycles. The number of H-pyrrole nitrogens is 1. The Bertz CT molecular complexity index is 1110. The Labute approximate surface area is 173 Å². The number of likely N-dealkylation sites (tertiary alicyclic amines) is 1. The summed E-state index contributed by atoms with van der Waals surface area (Å²) in [6.07, 6.45) is 1.77. The van der Waals surface area contributed by atoms with Crippen LogP contribution in [0.15, 0.2) is 47.3 Å². The number of aromatic amines is 1. The fourth-order valence-electron chi connectivity index (χ4n) is 4.10. The van der Waals surface area contributed by atoms with Crippen LogP contribution in [0.25, 0.3) is 11.0 Å². The summed E-state index contributed by atoms with van der Waals surface area (Å²) in [6.45, 7) is 2.56. The van der Waals surface area contributed by atoms with E-state index in [1.165, 1.54) is 0 Å². The van der Waals surface area contributed by atoms with E-state index in [0.717, 1.165) is 59.1 Å². The first-order chi connectivity index (χ1) is 14.2. The van der Waals surface area contributed by atoms with Gasteiger partial charge in [0.15, 0.2) is 16.6 Å². The van der Waals surface area contributed by atoms with Crippen LogP contribution in [0.4, 0.5) is 0 Å². The summed E-state index contributed by atoms with van der Waals surface area (Å²) in [6, 6.07) is 14.0. The van der Waals surface area contributed by atoms with Gasteiger partial charge in [-0.15, -0.1) is 0 Å². The van der Waals surface area contributed by atoms with Gasteiger partial charge < -0.3 is 24.7 Å². The smallest absolute Gasteiger partial charge is 0.326 e. The summed E-state index contributed by atoms with van der Waals surface area (Å²) in [5.41, 5.74) is 2.92. The number of rotatable bonds is 3. The number of aromatic nitrogens is 2. The van der Waals surface area contributed by atoms with E-state index in [1.54, 1.807) is 0 Å². The predicted molar refractivity (Wildman–Crippen MR) is 114 cm³/mol. The van der Waals surface area contributed by atoms with Gasteiger partial charge in [0.05, 0.1) is 11.0 Å². The van der Waals surface area contributed by atoms with Crippen molar-refractivity contribution in [1.82, 2.24) is 19.8 Å². The second-order valence-electron chi connectivity index (χ2n) is 7.38. The zero-order valence-corrected chi connectivity index (χ0v) is 16.7. The molecular weight excluding hydrogens is 388 g/mol. The number of fused-ring (bicyclic) bond motifs is 2. The van der Waals surface area contributed by atoms with E-state index in [4.69, 9.17) is 21.7 Å². The van der Waals surface area contributed by atoms with Crippen LogP contribution < -0.4 is 20.5 Å². The summed E-state index contributed by atoms with van der Waals surface area (Å²) in [5, 5.41) is 4.08. The van der Waals surface area contributed by atoms with Gasteiger partial charge in [-0.2, -0.15) is 0 Å². The lowest BCUT2D eigenvalue weighted by molar-refractivity contribution is 0.174. The van der Waals surface area contributed by atoms with Crippen LogP contribution >= 0.6 is 12.2 Å². The highest BCUT2D eigenvalue weighted by Crippen LogP contribution is 2.32. The van der Waals surface area contributed by atoms with Crippen LogP contribution in [-0.2, 0) is 6.54 Å². The molecule has 2 N–H and O–H groups in total. The minimum absolute atomic E-state index is 0.0341. The van der Waals surface area contributed by atoms with Gasteiger partial charge in [0.25, 0.3) is 0 Å². The van der Waals surface area contributed by atoms with Crippen LogP contribution in [-0.4, -0.2) is 39.4 Å². The van der Waals surface area contributed by atoms with Gasteiger partial charge in [-0.05, 0) is 54.9 Å². The van der Waals surface area contributed by atoms with E-state index in [2.05, 4.69) is 15.2 Å². The zero-order chi connectivity index (χ0) is 19.8. The van der Waals surface area contributed by atoms with Gasteiger partial charge in [0.2, 0.25) is 6.79 Å². The van der Waals surface area contributed by atoms with E-state index in [0.29, 0.717) is 6.54 Å². The standard InChI is InChI=1S/C21H22N4O3S/c26-20-23-16-3-1-2-4-17(16)25(20)15-7-9-24(10-8-15)21(29)22-12-14-5-6-18-19(11-14)28-13-27-18/h1-6,11,15H,7-10,12-13H2,(H,22,29)(H,23,26). The first-order valence-electron chi connectivity index (χ1n) is 9.79. The van der Waals surface area contributed by atoms with Gasteiger partial charge >= 0.3 is 5.69 Å². The topological polar surface area (TPSA) is 71.5 Å². The van der Waals surface area contributed by atoms with E-state index < -0.39 is 0 Å². The molecule has 0 spiro atoms. The van der Waals surface area contributed by atoms with E-state index in [1.807, 2.05) is 47.0 Å². The van der Waals surface area contributed by atoms with Crippen molar-refractivity contribution in [1.29, 1.82) is 0 Å². The van der Waals surface area contributed by atoms with Crippen LogP contribution in [0.3, 0.4) is 0 Å². The number of hydrogen-bond donors (Lipinski definition) is 2. The average molecular weight is 410 g/mol. The molecule has 1 fully saturated rings. The number of thiocarbonyl (C=S) groups is 1. The molecule has 0 radical (unpaired) electrons. The van der Waals surface area contributed by atoms with Crippen molar-refractivity contribution in [2.45, 2.75) is 25.4 Å². The summed E-state index contributed by atoms with van der Waals surface area (Å²) in [5.74, 6) is 1.56. The maximum absolute atomic E-state index is 12.4. The van der Waals surface area contributed by atoms with E-state index in [9.17, 15) is 4.79 Å². The Morgan fingerprint density at radius 2 is 1.93 bits per heavy atom. The van der Waals surface area contributed by atoms with Gasteiger partial charge in [0, 0.05) is 25.7 Å². The number of ether oxygens (including phenoxy) is 2. The van der Waals surface area contributed by atoms with Crippen molar-refractivity contribution >= 4 is 28.4 Å². The van der Waals surface area contributed by atoms with Crippen LogP contribution in [0.2, 0.25) is 0 Å². The second kappa shape index (κ2) is 7.44. The molecule has 2 aliphatic heterocycles. The summed E-state index contributed by atoms with van der Waals surface area (Å²) >= 11 is 5.60. The van der Waals surface area contributed by atoms with Crippen LogP contribution in [0.5, 0.6) is 11.5 Å². The molecule has 8 heteroatoms. The third-order valence-electron chi connectivity index (χ3n) is 5.62. The number of nitrogens with zero attached hydrogens (tertiary/aromatic N) is 2. The molecule has 0 bridgehead atoms. The Kier molecular flexibility index (Phi) is 4.63. The Morgan fingerprint density at radius 3 is 2.79 bits per heavy atom. The highest BCUT2D eigenvalue weighted by molar-refractivity contribution is 7.80. The van der Waals surface area contributed by atoms with Crippen molar-refractivity contribution in [3.8, 4) is 11.5 Å². The summed E-state index contributed by atoms with van der Waals surface area (Å²) in [4.78, 5) is 17.6. The molecular formula is C21H22N4O3S. The predicted octanol–water partition coefficient (Wildman–Crippen LogP) is 2.77. The molecule has 3 heterocycles. The number of para-hydroxylation sites is 2. The lowest BCUT2D eigenvalue weighted by atomic mass is 10.0. The molecule has 0 aliphatic carbocycles. The molecule has 150 valence electrons. The SMILES string of the molecule is O=c1[nH]c2ccccc2n1C1CCN(C(=S)NCc2ccc3c(c2)OCO3)CC1. The quantitative estimate of drug-likeness (QED) is 0.647. The lowest BCUT2D eigenvalue weighted by Gasteiger charge is -2.34. The molecule has 0 amide bonds. The van der Waals surface area contributed by atoms with E-state index in [-0.39, 0.29) is 18.5 Å². The monoisotopic (exact) mass is 410 g/mol. The molecule has 1 aromatic heterocycles. The van der Waals surface area contributed by atoms with Crippen molar-refractivity contribution in [3.63, 3.8) is 0 Å². The van der Waals surface area contributed by atoms with E-state index >= 15 is 0 Å². The van der Waals surface area contributed by atoms with Crippen molar-refractivity contribution in [2.75, 3.05) is 19.9 Å². The largest absolute Gasteiger partial charge is 0.454 e. The molecule has 0 atom stereocenters. The second-order valence-corrected chi connectivity index (χ2v) is 7.77. The maximum atomic E-state index is 12.4. The van der Waals surface area contributed by atoms with Crippen molar-refractivity contribution < 1.29 is 9.47 Å². The highest BCUT2D eigenvalue weighted by Gasteiger charge is 2.24. The van der Waals surface area contributed by atoms with Crippen LogP contribution in [0, 0.1) is 0 Å².